The molecule has 3 atom stereocenters. The summed E-state index contributed by atoms with van der Waals surface area (Å²) < 4.78 is 5.21. The molecule has 0 amide bonds. The van der Waals surface area contributed by atoms with Crippen molar-refractivity contribution in [3.8, 4) is 0 Å². The molecule has 3 rings (SSSR count). The van der Waals surface area contributed by atoms with Gasteiger partial charge in [0.1, 0.15) is 5.01 Å². The maximum Gasteiger partial charge on any atom is 0.114 e. The molecule has 1 N–H and O–H groups in total. The molecule has 0 aliphatic heterocycles. The third-order valence-electron chi connectivity index (χ3n) is 5.01. The van der Waals surface area contributed by atoms with E-state index in [2.05, 4.69) is 19.2 Å². The Balaban J connectivity index is 1.88. The van der Waals surface area contributed by atoms with Gasteiger partial charge in [-0.3, -0.25) is 0 Å². The van der Waals surface area contributed by atoms with Gasteiger partial charge < -0.3 is 10.1 Å². The Morgan fingerprint density at radius 2 is 2.26 bits per heavy atom. The van der Waals surface area contributed by atoms with Crippen LogP contribution in [0.15, 0.2) is 0 Å². The molecule has 2 aliphatic carbocycles. The minimum absolute atomic E-state index is 0.144. The highest BCUT2D eigenvalue weighted by Crippen LogP contribution is 2.56. The zero-order valence-electron chi connectivity index (χ0n) is 12.2. The smallest absolute Gasteiger partial charge is 0.114 e. The summed E-state index contributed by atoms with van der Waals surface area (Å²) in [6.45, 7) is 6.03. The van der Waals surface area contributed by atoms with Crippen molar-refractivity contribution in [3.05, 3.63) is 15.6 Å². The highest BCUT2D eigenvalue weighted by Gasteiger charge is 2.53. The van der Waals surface area contributed by atoms with Crippen molar-refractivity contribution >= 4 is 11.3 Å². The van der Waals surface area contributed by atoms with Crippen molar-refractivity contribution in [2.75, 3.05) is 20.3 Å². The van der Waals surface area contributed by atoms with Crippen LogP contribution in [0, 0.1) is 25.7 Å². The van der Waals surface area contributed by atoms with Crippen molar-refractivity contribution in [2.24, 2.45) is 11.8 Å². The highest BCUT2D eigenvalue weighted by atomic mass is 32.1. The summed E-state index contributed by atoms with van der Waals surface area (Å²) in [5.74, 6) is 1.68. The van der Waals surface area contributed by atoms with Crippen molar-refractivity contribution in [3.63, 3.8) is 0 Å². The summed E-state index contributed by atoms with van der Waals surface area (Å²) in [6.07, 6.45) is 5.44. The van der Waals surface area contributed by atoms with Gasteiger partial charge in [-0.05, 0) is 44.9 Å². The normalized spacial score (nSPS) is 33.2. The van der Waals surface area contributed by atoms with Crippen LogP contribution < -0.4 is 5.32 Å². The lowest BCUT2D eigenvalue weighted by atomic mass is 9.81. The predicted molar refractivity (Wildman–Crippen MR) is 78.6 cm³/mol. The molecule has 0 aromatic carbocycles. The molecular weight excluding hydrogens is 256 g/mol. The van der Waals surface area contributed by atoms with Crippen LogP contribution in [0.25, 0.3) is 0 Å². The molecule has 1 heterocycles. The second kappa shape index (κ2) is 5.15. The lowest BCUT2D eigenvalue weighted by Crippen LogP contribution is -2.47. The zero-order chi connectivity index (χ0) is 13.5. The fourth-order valence-electron chi connectivity index (χ4n) is 3.92. The van der Waals surface area contributed by atoms with Crippen molar-refractivity contribution in [1.29, 1.82) is 0 Å². The fraction of sp³-hybridized carbons (Fsp3) is 0.800. The monoisotopic (exact) mass is 280 g/mol. The van der Waals surface area contributed by atoms with Crippen LogP contribution in [-0.2, 0) is 10.3 Å². The summed E-state index contributed by atoms with van der Waals surface area (Å²) in [6, 6.07) is 0. The van der Waals surface area contributed by atoms with Crippen LogP contribution in [-0.4, -0.2) is 25.2 Å². The molecule has 3 nitrogen and oxygen atoms in total. The molecule has 4 heteroatoms. The number of nitrogens with zero attached hydrogens (tertiary/aromatic N) is 1. The number of thiazole rings is 1. The molecule has 0 saturated heterocycles. The molecule has 1 aromatic heterocycles. The molecule has 2 saturated carbocycles. The molecule has 106 valence electrons. The average Bonchev–Trinajstić information content (AvgIpc) is 3.06. The lowest BCUT2D eigenvalue weighted by molar-refractivity contribution is 0.157. The van der Waals surface area contributed by atoms with Gasteiger partial charge in [0.25, 0.3) is 0 Å². The van der Waals surface area contributed by atoms with Crippen molar-refractivity contribution in [2.45, 2.75) is 45.1 Å². The number of hydrogen-bond donors (Lipinski definition) is 1. The van der Waals surface area contributed by atoms with Crippen molar-refractivity contribution in [1.82, 2.24) is 10.3 Å². The van der Waals surface area contributed by atoms with E-state index in [9.17, 15) is 0 Å². The van der Waals surface area contributed by atoms with Crippen LogP contribution in [0.2, 0.25) is 0 Å². The standard InChI is InChI=1S/C15H24N2OS/c1-10-11(2)19-14(17-10)15(16-6-7-18-3)9-12-4-5-13(15)8-12/h12-13,16H,4-9H2,1-3H3. The van der Waals surface area contributed by atoms with Gasteiger partial charge in [-0.2, -0.15) is 0 Å². The Bertz CT molecular complexity index is 439. The second-order valence-electron chi connectivity index (χ2n) is 6.13. The van der Waals surface area contributed by atoms with E-state index in [1.807, 2.05) is 11.3 Å². The summed E-state index contributed by atoms with van der Waals surface area (Å²) in [4.78, 5) is 6.24. The molecule has 1 aromatic rings. The number of nitrogens with one attached hydrogen (secondary N) is 1. The van der Waals surface area contributed by atoms with Gasteiger partial charge >= 0.3 is 0 Å². The minimum Gasteiger partial charge on any atom is -0.383 e. The number of ether oxygens (including phenoxy) is 1. The summed E-state index contributed by atoms with van der Waals surface area (Å²) in [5, 5.41) is 5.13. The van der Waals surface area contributed by atoms with E-state index in [4.69, 9.17) is 9.72 Å². The van der Waals surface area contributed by atoms with Crippen LogP contribution in [0.5, 0.6) is 0 Å². The number of aryl methyl sites for hydroxylation is 2. The Hall–Kier alpha value is -0.450. The average molecular weight is 280 g/mol. The van der Waals surface area contributed by atoms with E-state index in [1.165, 1.54) is 41.3 Å². The molecule has 0 spiro atoms. The lowest BCUT2D eigenvalue weighted by Gasteiger charge is -2.37. The summed E-state index contributed by atoms with van der Waals surface area (Å²) >= 11 is 1.89. The first kappa shape index (κ1) is 13.5. The molecule has 3 unspecified atom stereocenters. The largest absolute Gasteiger partial charge is 0.383 e. The van der Waals surface area contributed by atoms with Gasteiger partial charge in [0, 0.05) is 18.5 Å². The highest BCUT2D eigenvalue weighted by molar-refractivity contribution is 7.11. The summed E-state index contributed by atoms with van der Waals surface area (Å²) in [7, 11) is 1.77. The van der Waals surface area contributed by atoms with Crippen LogP contribution in [0.4, 0.5) is 0 Å². The number of hydrogen-bond acceptors (Lipinski definition) is 4. The van der Waals surface area contributed by atoms with E-state index in [0.29, 0.717) is 0 Å². The third kappa shape index (κ3) is 2.24. The van der Waals surface area contributed by atoms with Crippen LogP contribution >= 0.6 is 11.3 Å². The topological polar surface area (TPSA) is 34.1 Å². The van der Waals surface area contributed by atoms with Gasteiger partial charge in [0.2, 0.25) is 0 Å². The SMILES string of the molecule is COCCNC1(c2nc(C)c(C)s2)CC2CCC1C2. The first-order chi connectivity index (χ1) is 9.15. The predicted octanol–water partition coefficient (Wildman–Crippen LogP) is 3.01. The number of rotatable bonds is 5. The zero-order valence-corrected chi connectivity index (χ0v) is 13.0. The quantitative estimate of drug-likeness (QED) is 0.842. The Labute approximate surface area is 119 Å². The van der Waals surface area contributed by atoms with Crippen LogP contribution in [0.1, 0.15) is 41.3 Å². The van der Waals surface area contributed by atoms with E-state index in [1.54, 1.807) is 7.11 Å². The first-order valence-electron chi connectivity index (χ1n) is 7.34. The Morgan fingerprint density at radius 1 is 1.42 bits per heavy atom. The number of fused-ring (bicyclic) bond motifs is 2. The molecular formula is C15H24N2OS. The van der Waals surface area contributed by atoms with E-state index < -0.39 is 0 Å². The molecule has 2 fully saturated rings. The first-order valence-corrected chi connectivity index (χ1v) is 8.16. The summed E-state index contributed by atoms with van der Waals surface area (Å²) in [5.41, 5.74) is 1.35. The van der Waals surface area contributed by atoms with E-state index in [-0.39, 0.29) is 5.54 Å². The fourth-order valence-corrected chi connectivity index (χ4v) is 5.09. The molecule has 2 bridgehead atoms. The third-order valence-corrected chi connectivity index (χ3v) is 6.26. The van der Waals surface area contributed by atoms with Gasteiger partial charge in [0.15, 0.2) is 0 Å². The van der Waals surface area contributed by atoms with Crippen molar-refractivity contribution < 1.29 is 4.74 Å². The minimum atomic E-state index is 0.144. The van der Waals surface area contributed by atoms with E-state index >= 15 is 0 Å². The van der Waals surface area contributed by atoms with Gasteiger partial charge in [-0.15, -0.1) is 11.3 Å². The molecule has 0 radical (unpaired) electrons. The van der Waals surface area contributed by atoms with Gasteiger partial charge in [0.05, 0.1) is 17.8 Å². The molecule has 19 heavy (non-hydrogen) atoms. The van der Waals surface area contributed by atoms with Gasteiger partial charge in [-0.25, -0.2) is 4.98 Å². The molecule has 2 aliphatic rings. The maximum absolute atomic E-state index is 5.21. The maximum atomic E-state index is 5.21. The Kier molecular flexibility index (Phi) is 3.67. The Morgan fingerprint density at radius 3 is 2.79 bits per heavy atom. The van der Waals surface area contributed by atoms with Gasteiger partial charge in [-0.1, -0.05) is 6.42 Å². The number of methoxy groups -OCH3 is 1. The second-order valence-corrected chi connectivity index (χ2v) is 7.33. The van der Waals surface area contributed by atoms with E-state index in [0.717, 1.165) is 25.0 Å². The number of aromatic nitrogens is 1. The van der Waals surface area contributed by atoms with Crippen LogP contribution in [0.3, 0.4) is 0 Å².